The summed E-state index contributed by atoms with van der Waals surface area (Å²) < 4.78 is 1.97. The smallest absolute Gasteiger partial charge is 0.171 e. The number of hydrogen-bond donors (Lipinski definition) is 1. The highest BCUT2D eigenvalue weighted by molar-refractivity contribution is 9.11. The number of hydrogen-bond acceptors (Lipinski definition) is 4. The van der Waals surface area contributed by atoms with Gasteiger partial charge in [-0.2, -0.15) is 0 Å². The van der Waals surface area contributed by atoms with Gasteiger partial charge in [-0.1, -0.05) is 0 Å². The Morgan fingerprint density at radius 3 is 2.62 bits per heavy atom. The number of aromatic nitrogens is 2. The zero-order valence-electron chi connectivity index (χ0n) is 8.71. The van der Waals surface area contributed by atoms with Gasteiger partial charge in [0.05, 0.1) is 15.0 Å². The van der Waals surface area contributed by atoms with Gasteiger partial charge in [0.15, 0.2) is 5.82 Å². The fourth-order valence-electron chi connectivity index (χ4n) is 1.27. The van der Waals surface area contributed by atoms with Crippen LogP contribution in [0.5, 0.6) is 0 Å². The standard InChI is InChI=1S/C10H9Br2N3S/c1-5-8(12)10(13-2)15-9(14-5)7-3-6(11)4-16-7/h3-4H,1-2H3,(H,13,14,15). The van der Waals surface area contributed by atoms with Crippen LogP contribution in [0.4, 0.5) is 5.82 Å². The largest absolute Gasteiger partial charge is 0.372 e. The van der Waals surface area contributed by atoms with Gasteiger partial charge in [0.25, 0.3) is 0 Å². The molecule has 0 aliphatic rings. The second kappa shape index (κ2) is 4.81. The lowest BCUT2D eigenvalue weighted by molar-refractivity contribution is 1.10. The van der Waals surface area contributed by atoms with Crippen molar-refractivity contribution in [2.75, 3.05) is 12.4 Å². The number of nitrogens with zero attached hydrogens (tertiary/aromatic N) is 2. The number of anilines is 1. The predicted molar refractivity (Wildman–Crippen MR) is 75.0 cm³/mol. The maximum Gasteiger partial charge on any atom is 0.171 e. The van der Waals surface area contributed by atoms with Gasteiger partial charge >= 0.3 is 0 Å². The molecule has 84 valence electrons. The van der Waals surface area contributed by atoms with Gasteiger partial charge in [-0.25, -0.2) is 9.97 Å². The molecule has 0 atom stereocenters. The van der Waals surface area contributed by atoms with Gasteiger partial charge in [0, 0.05) is 16.9 Å². The van der Waals surface area contributed by atoms with Crippen LogP contribution in [-0.4, -0.2) is 17.0 Å². The Kier molecular flexibility index (Phi) is 3.61. The summed E-state index contributed by atoms with van der Waals surface area (Å²) in [5, 5.41) is 5.07. The molecule has 0 aromatic carbocycles. The van der Waals surface area contributed by atoms with E-state index >= 15 is 0 Å². The molecule has 0 aliphatic carbocycles. The molecule has 3 nitrogen and oxygen atoms in total. The van der Waals surface area contributed by atoms with Crippen LogP contribution in [0, 0.1) is 6.92 Å². The van der Waals surface area contributed by atoms with Crippen LogP contribution in [0.15, 0.2) is 20.4 Å². The number of thiophene rings is 1. The zero-order valence-corrected chi connectivity index (χ0v) is 12.7. The van der Waals surface area contributed by atoms with Crippen LogP contribution in [0.3, 0.4) is 0 Å². The number of rotatable bonds is 2. The van der Waals surface area contributed by atoms with E-state index in [0.717, 1.165) is 31.2 Å². The number of nitrogens with one attached hydrogen (secondary N) is 1. The third-order valence-corrected chi connectivity index (χ3v) is 4.68. The zero-order chi connectivity index (χ0) is 11.7. The molecule has 0 fully saturated rings. The summed E-state index contributed by atoms with van der Waals surface area (Å²) in [6.45, 7) is 1.96. The second-order valence-electron chi connectivity index (χ2n) is 3.17. The van der Waals surface area contributed by atoms with E-state index in [1.807, 2.05) is 25.4 Å². The van der Waals surface area contributed by atoms with Gasteiger partial charge in [-0.05, 0) is 44.8 Å². The molecule has 2 aromatic heterocycles. The van der Waals surface area contributed by atoms with Gasteiger partial charge in [-0.15, -0.1) is 11.3 Å². The summed E-state index contributed by atoms with van der Waals surface area (Å²) in [7, 11) is 1.85. The van der Waals surface area contributed by atoms with E-state index in [-0.39, 0.29) is 0 Å². The van der Waals surface area contributed by atoms with Crippen molar-refractivity contribution >= 4 is 49.0 Å². The fraction of sp³-hybridized carbons (Fsp3) is 0.200. The Balaban J connectivity index is 2.54. The molecule has 0 bridgehead atoms. The summed E-state index contributed by atoms with van der Waals surface area (Å²) >= 11 is 8.51. The van der Waals surface area contributed by atoms with E-state index < -0.39 is 0 Å². The summed E-state index contributed by atoms with van der Waals surface area (Å²) in [6.07, 6.45) is 0. The molecule has 2 heterocycles. The topological polar surface area (TPSA) is 37.8 Å². The maximum absolute atomic E-state index is 4.46. The average Bonchev–Trinajstić information content (AvgIpc) is 2.69. The van der Waals surface area contributed by atoms with Crippen molar-refractivity contribution in [2.45, 2.75) is 6.92 Å². The van der Waals surface area contributed by atoms with E-state index in [4.69, 9.17) is 0 Å². The molecule has 16 heavy (non-hydrogen) atoms. The molecule has 6 heteroatoms. The molecular weight excluding hydrogens is 354 g/mol. The maximum atomic E-state index is 4.46. The van der Waals surface area contributed by atoms with Crippen LogP contribution < -0.4 is 5.32 Å². The molecule has 0 amide bonds. The Bertz CT molecular complexity index is 525. The molecule has 0 saturated carbocycles. The lowest BCUT2D eigenvalue weighted by Crippen LogP contribution is -1.99. The van der Waals surface area contributed by atoms with Crippen LogP contribution in [0.2, 0.25) is 0 Å². The van der Waals surface area contributed by atoms with Gasteiger partial charge < -0.3 is 5.32 Å². The van der Waals surface area contributed by atoms with Gasteiger partial charge in [0.1, 0.15) is 5.82 Å². The normalized spacial score (nSPS) is 10.5. The molecule has 0 saturated heterocycles. The first-order valence-electron chi connectivity index (χ1n) is 4.58. The molecule has 0 spiro atoms. The van der Waals surface area contributed by atoms with Crippen LogP contribution in [0.25, 0.3) is 10.7 Å². The van der Waals surface area contributed by atoms with Crippen LogP contribution in [0.1, 0.15) is 5.69 Å². The SMILES string of the molecule is CNc1nc(-c2cc(Br)cs2)nc(C)c1Br. The van der Waals surface area contributed by atoms with E-state index in [9.17, 15) is 0 Å². The summed E-state index contributed by atoms with van der Waals surface area (Å²) in [5.74, 6) is 1.56. The van der Waals surface area contributed by atoms with Crippen molar-refractivity contribution in [3.8, 4) is 10.7 Å². The van der Waals surface area contributed by atoms with Crippen molar-refractivity contribution in [2.24, 2.45) is 0 Å². The number of aryl methyl sites for hydroxylation is 1. The molecule has 2 aromatic rings. The van der Waals surface area contributed by atoms with E-state index in [1.54, 1.807) is 11.3 Å². The molecule has 0 unspecified atom stereocenters. The molecule has 0 radical (unpaired) electrons. The highest BCUT2D eigenvalue weighted by Gasteiger charge is 2.11. The third kappa shape index (κ3) is 2.28. The Hall–Kier alpha value is -0.460. The van der Waals surface area contributed by atoms with Crippen molar-refractivity contribution in [1.82, 2.24) is 9.97 Å². The monoisotopic (exact) mass is 361 g/mol. The number of halogens is 2. The Morgan fingerprint density at radius 1 is 1.31 bits per heavy atom. The summed E-state index contributed by atoms with van der Waals surface area (Å²) in [6, 6.07) is 2.02. The lowest BCUT2D eigenvalue weighted by atomic mass is 10.3. The van der Waals surface area contributed by atoms with Crippen molar-refractivity contribution < 1.29 is 0 Å². The molecular formula is C10H9Br2N3S. The molecule has 2 rings (SSSR count). The third-order valence-electron chi connectivity index (χ3n) is 2.04. The fourth-order valence-corrected chi connectivity index (χ4v) is 3.00. The first-order valence-corrected chi connectivity index (χ1v) is 7.04. The molecule has 1 N–H and O–H groups in total. The highest BCUT2D eigenvalue weighted by atomic mass is 79.9. The highest BCUT2D eigenvalue weighted by Crippen LogP contribution is 2.31. The Morgan fingerprint density at radius 2 is 2.06 bits per heavy atom. The van der Waals surface area contributed by atoms with E-state index in [1.165, 1.54) is 0 Å². The van der Waals surface area contributed by atoms with Crippen molar-refractivity contribution in [3.63, 3.8) is 0 Å². The first-order chi connectivity index (χ1) is 7.61. The van der Waals surface area contributed by atoms with Crippen molar-refractivity contribution in [3.05, 3.63) is 26.1 Å². The van der Waals surface area contributed by atoms with Gasteiger partial charge in [-0.3, -0.25) is 0 Å². The molecule has 0 aliphatic heterocycles. The summed E-state index contributed by atoms with van der Waals surface area (Å²) in [4.78, 5) is 9.97. The first kappa shape index (κ1) is 12.0. The van der Waals surface area contributed by atoms with E-state index in [2.05, 4.69) is 47.1 Å². The average molecular weight is 363 g/mol. The minimum Gasteiger partial charge on any atom is -0.372 e. The minimum absolute atomic E-state index is 0.751. The summed E-state index contributed by atoms with van der Waals surface area (Å²) in [5.41, 5.74) is 0.930. The lowest BCUT2D eigenvalue weighted by Gasteiger charge is -2.07. The van der Waals surface area contributed by atoms with E-state index in [0.29, 0.717) is 0 Å². The van der Waals surface area contributed by atoms with Crippen LogP contribution in [-0.2, 0) is 0 Å². The van der Waals surface area contributed by atoms with Crippen LogP contribution >= 0.6 is 43.2 Å². The second-order valence-corrected chi connectivity index (χ2v) is 5.79. The predicted octanol–water partition coefficient (Wildman–Crippen LogP) is 4.08. The Labute approximate surface area is 115 Å². The quantitative estimate of drug-likeness (QED) is 0.874. The minimum atomic E-state index is 0.751. The van der Waals surface area contributed by atoms with Crippen molar-refractivity contribution in [1.29, 1.82) is 0 Å². The van der Waals surface area contributed by atoms with Gasteiger partial charge in [0.2, 0.25) is 0 Å².